The Balaban J connectivity index is 1.42. The van der Waals surface area contributed by atoms with Gasteiger partial charge in [-0.2, -0.15) is 0 Å². The maximum absolute atomic E-state index is 12.4. The Morgan fingerprint density at radius 3 is 2.73 bits per heavy atom. The molecule has 0 fully saturated rings. The van der Waals surface area contributed by atoms with Crippen LogP contribution < -0.4 is 15.0 Å². The predicted molar refractivity (Wildman–Crippen MR) is 123 cm³/mol. The zero-order valence-electron chi connectivity index (χ0n) is 17.8. The van der Waals surface area contributed by atoms with Crippen LogP contribution in [-0.4, -0.2) is 35.6 Å². The van der Waals surface area contributed by atoms with Crippen LogP contribution >= 0.6 is 11.3 Å². The van der Waals surface area contributed by atoms with Gasteiger partial charge in [0.2, 0.25) is 5.88 Å². The molecule has 30 heavy (non-hydrogen) atoms. The van der Waals surface area contributed by atoms with Gasteiger partial charge in [-0.05, 0) is 68.9 Å². The summed E-state index contributed by atoms with van der Waals surface area (Å²) in [6.45, 7) is 8.38. The van der Waals surface area contributed by atoms with Gasteiger partial charge in [0.05, 0.1) is 5.39 Å². The average molecular weight is 425 g/mol. The van der Waals surface area contributed by atoms with E-state index in [2.05, 4.69) is 41.0 Å². The Labute approximate surface area is 181 Å². The van der Waals surface area contributed by atoms with Crippen LogP contribution in [0.1, 0.15) is 37.6 Å². The van der Waals surface area contributed by atoms with E-state index in [-0.39, 0.29) is 12.5 Å². The lowest BCUT2D eigenvalue weighted by Crippen LogP contribution is -2.22. The molecule has 3 aromatic rings. The van der Waals surface area contributed by atoms with Gasteiger partial charge in [-0.25, -0.2) is 9.97 Å². The smallest absolute Gasteiger partial charge is 0.262 e. The Morgan fingerprint density at radius 2 is 2.00 bits per heavy atom. The number of benzene rings is 1. The van der Waals surface area contributed by atoms with Crippen molar-refractivity contribution in [3.05, 3.63) is 41.0 Å². The van der Waals surface area contributed by atoms with Crippen LogP contribution in [0.5, 0.6) is 5.88 Å². The molecule has 1 aliphatic carbocycles. The van der Waals surface area contributed by atoms with E-state index in [1.165, 1.54) is 16.8 Å². The first-order valence-electron chi connectivity index (χ1n) is 10.6. The van der Waals surface area contributed by atoms with Gasteiger partial charge in [-0.3, -0.25) is 4.79 Å². The van der Waals surface area contributed by atoms with Crippen molar-refractivity contribution >= 4 is 38.8 Å². The van der Waals surface area contributed by atoms with Crippen molar-refractivity contribution in [2.24, 2.45) is 5.92 Å². The van der Waals surface area contributed by atoms with Crippen LogP contribution in [0.4, 0.5) is 11.4 Å². The third-order valence-corrected chi connectivity index (χ3v) is 6.84. The standard InChI is InChI=1S/C23H28N4O2S/c1-4-27(5-2)17-9-7-16(8-10-17)26-20(28)13-29-22-21-18-11-6-15(3)12-19(18)30-23(21)25-14-24-22/h7-10,14-15H,4-6,11-13H2,1-3H3,(H,26,28). The largest absolute Gasteiger partial charge is 0.467 e. The van der Waals surface area contributed by atoms with Crippen LogP contribution in [-0.2, 0) is 17.6 Å². The number of amides is 1. The monoisotopic (exact) mass is 424 g/mol. The zero-order chi connectivity index (χ0) is 21.1. The lowest BCUT2D eigenvalue weighted by molar-refractivity contribution is -0.118. The van der Waals surface area contributed by atoms with Gasteiger partial charge >= 0.3 is 0 Å². The van der Waals surface area contributed by atoms with E-state index in [0.717, 1.165) is 53.9 Å². The van der Waals surface area contributed by atoms with E-state index < -0.39 is 0 Å². The highest BCUT2D eigenvalue weighted by Gasteiger charge is 2.23. The summed E-state index contributed by atoms with van der Waals surface area (Å²) in [5.74, 6) is 1.01. The van der Waals surface area contributed by atoms with Gasteiger partial charge in [-0.15, -0.1) is 11.3 Å². The number of nitrogens with zero attached hydrogens (tertiary/aromatic N) is 3. The molecule has 2 heterocycles. The summed E-state index contributed by atoms with van der Waals surface area (Å²) >= 11 is 1.73. The summed E-state index contributed by atoms with van der Waals surface area (Å²) < 4.78 is 5.84. The number of hydrogen-bond donors (Lipinski definition) is 1. The van der Waals surface area contributed by atoms with Gasteiger partial charge in [0, 0.05) is 29.3 Å². The fourth-order valence-electron chi connectivity index (χ4n) is 4.03. The molecule has 0 spiro atoms. The Morgan fingerprint density at radius 1 is 1.23 bits per heavy atom. The maximum Gasteiger partial charge on any atom is 0.262 e. The summed E-state index contributed by atoms with van der Waals surface area (Å²) in [7, 11) is 0. The van der Waals surface area contributed by atoms with Crippen LogP contribution in [0.3, 0.4) is 0 Å². The molecule has 7 heteroatoms. The second-order valence-corrected chi connectivity index (χ2v) is 8.85. The minimum atomic E-state index is -0.199. The normalized spacial score (nSPS) is 15.6. The second kappa shape index (κ2) is 9.00. The number of ether oxygens (including phenoxy) is 1. The lowest BCUT2D eigenvalue weighted by Gasteiger charge is -2.21. The summed E-state index contributed by atoms with van der Waals surface area (Å²) in [4.78, 5) is 25.8. The van der Waals surface area contributed by atoms with Crippen LogP contribution in [0.2, 0.25) is 0 Å². The molecule has 0 bridgehead atoms. The number of hydrogen-bond acceptors (Lipinski definition) is 6. The molecule has 0 radical (unpaired) electrons. The summed E-state index contributed by atoms with van der Waals surface area (Å²) in [5, 5.41) is 3.89. The molecule has 1 unspecified atom stereocenters. The van der Waals surface area contributed by atoms with Crippen LogP contribution in [0.25, 0.3) is 10.2 Å². The molecule has 1 aromatic carbocycles. The third kappa shape index (κ3) is 4.26. The highest BCUT2D eigenvalue weighted by molar-refractivity contribution is 7.18. The van der Waals surface area contributed by atoms with Crippen molar-refractivity contribution in [3.8, 4) is 5.88 Å². The molecular weight excluding hydrogens is 396 g/mol. The molecule has 1 atom stereocenters. The molecule has 4 rings (SSSR count). The van der Waals surface area contributed by atoms with E-state index in [1.807, 2.05) is 24.3 Å². The highest BCUT2D eigenvalue weighted by atomic mass is 32.1. The summed E-state index contributed by atoms with van der Waals surface area (Å²) in [6.07, 6.45) is 4.79. The molecule has 1 N–H and O–H groups in total. The van der Waals surface area contributed by atoms with Gasteiger partial charge in [0.15, 0.2) is 6.61 Å². The lowest BCUT2D eigenvalue weighted by atomic mass is 9.89. The van der Waals surface area contributed by atoms with Crippen LogP contribution in [0.15, 0.2) is 30.6 Å². The number of rotatable bonds is 7. The molecule has 2 aromatic heterocycles. The van der Waals surface area contributed by atoms with Gasteiger partial charge in [-0.1, -0.05) is 6.92 Å². The van der Waals surface area contributed by atoms with E-state index in [0.29, 0.717) is 11.8 Å². The van der Waals surface area contributed by atoms with Crippen molar-refractivity contribution in [2.75, 3.05) is 29.9 Å². The molecule has 1 amide bonds. The number of carbonyl (C=O) groups is 1. The van der Waals surface area contributed by atoms with Gasteiger partial charge < -0.3 is 15.0 Å². The molecule has 0 saturated carbocycles. The second-order valence-electron chi connectivity index (χ2n) is 7.77. The topological polar surface area (TPSA) is 67.4 Å². The van der Waals surface area contributed by atoms with E-state index in [1.54, 1.807) is 11.3 Å². The van der Waals surface area contributed by atoms with Crippen molar-refractivity contribution in [2.45, 2.75) is 40.0 Å². The number of aryl methyl sites for hydroxylation is 1. The van der Waals surface area contributed by atoms with Crippen molar-refractivity contribution in [1.29, 1.82) is 0 Å². The van der Waals surface area contributed by atoms with E-state index >= 15 is 0 Å². The fraction of sp³-hybridized carbons (Fsp3) is 0.435. The summed E-state index contributed by atoms with van der Waals surface area (Å²) in [6, 6.07) is 7.89. The quantitative estimate of drug-likeness (QED) is 0.596. The number of carbonyl (C=O) groups excluding carboxylic acids is 1. The van der Waals surface area contributed by atoms with Gasteiger partial charge in [0.25, 0.3) is 5.91 Å². The Kier molecular flexibility index (Phi) is 6.18. The van der Waals surface area contributed by atoms with Crippen molar-refractivity contribution in [1.82, 2.24) is 9.97 Å². The van der Waals surface area contributed by atoms with E-state index in [4.69, 9.17) is 4.74 Å². The Hall–Kier alpha value is -2.67. The Bertz CT molecular complexity index is 1030. The minimum absolute atomic E-state index is 0.0784. The maximum atomic E-state index is 12.4. The third-order valence-electron chi connectivity index (χ3n) is 5.68. The molecule has 6 nitrogen and oxygen atoms in total. The number of aromatic nitrogens is 2. The molecule has 0 saturated heterocycles. The fourth-order valence-corrected chi connectivity index (χ4v) is 5.37. The van der Waals surface area contributed by atoms with Crippen LogP contribution in [0, 0.1) is 5.92 Å². The summed E-state index contributed by atoms with van der Waals surface area (Å²) in [5.41, 5.74) is 3.21. The van der Waals surface area contributed by atoms with Crippen molar-refractivity contribution < 1.29 is 9.53 Å². The van der Waals surface area contributed by atoms with E-state index in [9.17, 15) is 4.79 Å². The number of fused-ring (bicyclic) bond motifs is 3. The minimum Gasteiger partial charge on any atom is -0.467 e. The predicted octanol–water partition coefficient (Wildman–Crippen LogP) is 4.68. The molecule has 158 valence electrons. The number of thiophene rings is 1. The zero-order valence-corrected chi connectivity index (χ0v) is 18.6. The first kappa shape index (κ1) is 20.6. The molecule has 0 aliphatic heterocycles. The number of nitrogens with one attached hydrogen (secondary N) is 1. The first-order valence-corrected chi connectivity index (χ1v) is 11.4. The highest BCUT2D eigenvalue weighted by Crippen LogP contribution is 2.40. The van der Waals surface area contributed by atoms with Crippen molar-refractivity contribution in [3.63, 3.8) is 0 Å². The number of anilines is 2. The molecule has 1 aliphatic rings. The molecular formula is C23H28N4O2S. The first-order chi connectivity index (χ1) is 14.6. The average Bonchev–Trinajstić information content (AvgIpc) is 3.12. The van der Waals surface area contributed by atoms with Gasteiger partial charge in [0.1, 0.15) is 11.2 Å². The SMILES string of the molecule is CCN(CC)c1ccc(NC(=O)COc2ncnc3sc4c(c23)CCC(C)C4)cc1.